The highest BCUT2D eigenvalue weighted by molar-refractivity contribution is 5.74. The average Bonchev–Trinajstić information content (AvgIpc) is 2.48. The molecule has 3 saturated heterocycles. The van der Waals surface area contributed by atoms with Crippen molar-refractivity contribution in [3.8, 4) is 0 Å². The van der Waals surface area contributed by atoms with Crippen LogP contribution in [-0.4, -0.2) is 68.3 Å². The molecule has 19 heavy (non-hydrogen) atoms. The van der Waals surface area contributed by atoms with Gasteiger partial charge < -0.3 is 19.9 Å². The molecule has 3 heterocycles. The van der Waals surface area contributed by atoms with Crippen molar-refractivity contribution in [3.05, 3.63) is 0 Å². The van der Waals surface area contributed by atoms with Gasteiger partial charge in [0.05, 0.1) is 13.2 Å². The van der Waals surface area contributed by atoms with Gasteiger partial charge in [0, 0.05) is 38.1 Å². The molecule has 3 fully saturated rings. The molecule has 0 unspecified atom stereocenters. The van der Waals surface area contributed by atoms with Crippen LogP contribution in [0.2, 0.25) is 0 Å². The maximum Gasteiger partial charge on any atom is 0.320 e. The van der Waals surface area contributed by atoms with Crippen molar-refractivity contribution in [3.63, 3.8) is 0 Å². The highest BCUT2D eigenvalue weighted by Gasteiger charge is 2.39. The fourth-order valence-corrected chi connectivity index (χ4v) is 3.70. The van der Waals surface area contributed by atoms with Gasteiger partial charge in [0.25, 0.3) is 0 Å². The lowest BCUT2D eigenvalue weighted by atomic mass is 9.74. The Hall–Kier alpha value is -0.810. The summed E-state index contributed by atoms with van der Waals surface area (Å²) in [5.41, 5.74) is 0.346. The third-order valence-electron chi connectivity index (χ3n) is 4.77. The van der Waals surface area contributed by atoms with Crippen LogP contribution in [-0.2, 0) is 4.74 Å². The van der Waals surface area contributed by atoms with Gasteiger partial charge >= 0.3 is 6.03 Å². The minimum Gasteiger partial charge on any atom is -0.378 e. The van der Waals surface area contributed by atoms with Gasteiger partial charge in [0.2, 0.25) is 0 Å². The first kappa shape index (κ1) is 13.2. The number of rotatable bonds is 0. The van der Waals surface area contributed by atoms with Crippen LogP contribution in [0.1, 0.15) is 25.7 Å². The molecule has 0 radical (unpaired) electrons. The van der Waals surface area contributed by atoms with E-state index < -0.39 is 0 Å². The van der Waals surface area contributed by atoms with Crippen LogP contribution in [0.25, 0.3) is 0 Å². The second-order valence-electron chi connectivity index (χ2n) is 6.19. The second-order valence-corrected chi connectivity index (χ2v) is 6.19. The highest BCUT2D eigenvalue weighted by Crippen LogP contribution is 2.36. The molecule has 0 saturated carbocycles. The van der Waals surface area contributed by atoms with Crippen LogP contribution in [0, 0.1) is 5.41 Å². The largest absolute Gasteiger partial charge is 0.378 e. The minimum atomic E-state index is 0.230. The number of piperidine rings is 2. The zero-order valence-corrected chi connectivity index (χ0v) is 11.7. The maximum absolute atomic E-state index is 12.6. The van der Waals surface area contributed by atoms with E-state index in [-0.39, 0.29) is 6.03 Å². The Morgan fingerprint density at radius 1 is 1.05 bits per heavy atom. The Morgan fingerprint density at radius 2 is 1.84 bits per heavy atom. The van der Waals surface area contributed by atoms with Gasteiger partial charge in [0.1, 0.15) is 0 Å². The van der Waals surface area contributed by atoms with E-state index in [1.807, 2.05) is 4.90 Å². The van der Waals surface area contributed by atoms with Crippen molar-refractivity contribution in [2.24, 2.45) is 5.41 Å². The van der Waals surface area contributed by atoms with Crippen LogP contribution >= 0.6 is 0 Å². The molecule has 3 aliphatic rings. The Morgan fingerprint density at radius 3 is 2.58 bits per heavy atom. The Bertz CT molecular complexity index is 317. The Labute approximate surface area is 115 Å². The summed E-state index contributed by atoms with van der Waals surface area (Å²) in [5, 5.41) is 3.51. The summed E-state index contributed by atoms with van der Waals surface area (Å²) in [4.78, 5) is 16.6. The third-order valence-corrected chi connectivity index (χ3v) is 4.77. The van der Waals surface area contributed by atoms with E-state index >= 15 is 0 Å². The summed E-state index contributed by atoms with van der Waals surface area (Å²) in [7, 11) is 0. The molecule has 3 aliphatic heterocycles. The van der Waals surface area contributed by atoms with Crippen LogP contribution < -0.4 is 5.32 Å². The number of nitrogens with zero attached hydrogens (tertiary/aromatic N) is 2. The summed E-state index contributed by atoms with van der Waals surface area (Å²) in [6, 6.07) is 0.230. The predicted molar refractivity (Wildman–Crippen MR) is 73.1 cm³/mol. The van der Waals surface area contributed by atoms with Crippen molar-refractivity contribution in [2.75, 3.05) is 52.5 Å². The van der Waals surface area contributed by atoms with E-state index in [0.717, 1.165) is 45.7 Å². The number of ether oxygens (including phenoxy) is 1. The number of nitrogens with one attached hydrogen (secondary N) is 1. The maximum atomic E-state index is 12.6. The van der Waals surface area contributed by atoms with Crippen LogP contribution in [0.3, 0.4) is 0 Å². The van der Waals surface area contributed by atoms with Crippen LogP contribution in [0.5, 0.6) is 0 Å². The summed E-state index contributed by atoms with van der Waals surface area (Å²) >= 11 is 0. The van der Waals surface area contributed by atoms with Crippen molar-refractivity contribution in [2.45, 2.75) is 25.7 Å². The summed E-state index contributed by atoms with van der Waals surface area (Å²) in [6.07, 6.45) is 4.94. The first-order valence-corrected chi connectivity index (χ1v) is 7.61. The fourth-order valence-electron chi connectivity index (χ4n) is 3.70. The SMILES string of the molecule is O=C(N1CCOCC1)N1CCC[C@@]2(CCCNC2)C1. The molecule has 2 amide bonds. The molecule has 1 N–H and O–H groups in total. The molecule has 5 nitrogen and oxygen atoms in total. The molecule has 5 heteroatoms. The van der Waals surface area contributed by atoms with E-state index in [2.05, 4.69) is 10.2 Å². The molecule has 0 aromatic rings. The minimum absolute atomic E-state index is 0.230. The van der Waals surface area contributed by atoms with Gasteiger partial charge in [-0.25, -0.2) is 4.79 Å². The van der Waals surface area contributed by atoms with Gasteiger partial charge in [-0.3, -0.25) is 0 Å². The zero-order chi connectivity index (χ0) is 13.1. The number of carbonyl (C=O) groups excluding carboxylic acids is 1. The normalized spacial score (nSPS) is 32.6. The summed E-state index contributed by atoms with van der Waals surface area (Å²) in [5.74, 6) is 0. The molecule has 108 valence electrons. The van der Waals surface area contributed by atoms with Crippen molar-refractivity contribution in [1.82, 2.24) is 15.1 Å². The van der Waals surface area contributed by atoms with Crippen LogP contribution in [0.4, 0.5) is 4.79 Å². The van der Waals surface area contributed by atoms with Crippen LogP contribution in [0.15, 0.2) is 0 Å². The highest BCUT2D eigenvalue weighted by atomic mass is 16.5. The summed E-state index contributed by atoms with van der Waals surface area (Å²) < 4.78 is 5.32. The number of carbonyl (C=O) groups is 1. The third kappa shape index (κ3) is 2.87. The number of amides is 2. The fraction of sp³-hybridized carbons (Fsp3) is 0.929. The lowest BCUT2D eigenvalue weighted by Gasteiger charge is -2.46. The van der Waals surface area contributed by atoms with Crippen molar-refractivity contribution in [1.29, 1.82) is 0 Å². The molecule has 0 aliphatic carbocycles. The first-order valence-electron chi connectivity index (χ1n) is 7.61. The molecule has 0 aromatic heterocycles. The van der Waals surface area contributed by atoms with E-state index in [9.17, 15) is 4.79 Å². The van der Waals surface area contributed by atoms with E-state index in [1.165, 1.54) is 19.3 Å². The molecule has 1 atom stereocenters. The number of hydrogen-bond donors (Lipinski definition) is 1. The molecule has 0 aromatic carbocycles. The zero-order valence-electron chi connectivity index (χ0n) is 11.7. The van der Waals surface area contributed by atoms with Gasteiger partial charge in [-0.2, -0.15) is 0 Å². The number of morpholine rings is 1. The lowest BCUT2D eigenvalue weighted by Crippen LogP contribution is -2.56. The average molecular weight is 267 g/mol. The number of likely N-dealkylation sites (tertiary alicyclic amines) is 1. The first-order chi connectivity index (χ1) is 9.29. The Kier molecular flexibility index (Phi) is 3.93. The lowest BCUT2D eigenvalue weighted by molar-refractivity contribution is 0.0267. The van der Waals surface area contributed by atoms with Crippen molar-refractivity contribution < 1.29 is 9.53 Å². The molecule has 1 spiro atoms. The molecular weight excluding hydrogens is 242 g/mol. The second kappa shape index (κ2) is 5.67. The van der Waals surface area contributed by atoms with E-state index in [1.54, 1.807) is 0 Å². The number of hydrogen-bond acceptors (Lipinski definition) is 3. The quantitative estimate of drug-likeness (QED) is 0.709. The number of urea groups is 1. The summed E-state index contributed by atoms with van der Waals surface area (Å²) in [6.45, 7) is 6.97. The van der Waals surface area contributed by atoms with Gasteiger partial charge in [-0.15, -0.1) is 0 Å². The standard InChI is InChI=1S/C14H25N3O2/c18-13(16-7-9-19-10-8-16)17-6-2-4-14(12-17)3-1-5-15-11-14/h15H,1-12H2/t14-/m1/s1. The van der Waals surface area contributed by atoms with E-state index in [4.69, 9.17) is 4.74 Å². The van der Waals surface area contributed by atoms with Gasteiger partial charge in [0.15, 0.2) is 0 Å². The predicted octanol–water partition coefficient (Wildman–Crippen LogP) is 0.904. The van der Waals surface area contributed by atoms with Gasteiger partial charge in [-0.1, -0.05) is 0 Å². The Balaban J connectivity index is 1.62. The smallest absolute Gasteiger partial charge is 0.320 e. The van der Waals surface area contributed by atoms with Crippen molar-refractivity contribution >= 4 is 6.03 Å². The molecule has 0 bridgehead atoms. The van der Waals surface area contributed by atoms with E-state index in [0.29, 0.717) is 18.6 Å². The topological polar surface area (TPSA) is 44.8 Å². The molecule has 3 rings (SSSR count). The molecular formula is C14H25N3O2. The monoisotopic (exact) mass is 267 g/mol. The van der Waals surface area contributed by atoms with Gasteiger partial charge in [-0.05, 0) is 32.2 Å².